The molecule has 86 valence electrons. The topological polar surface area (TPSA) is 81.2 Å². The second kappa shape index (κ2) is 4.51. The average molecular weight is 221 g/mol. The van der Waals surface area contributed by atoms with Crippen molar-refractivity contribution in [2.75, 3.05) is 18.5 Å². The van der Waals surface area contributed by atoms with Crippen molar-refractivity contribution in [3.63, 3.8) is 0 Å². The molecule has 0 radical (unpaired) electrons. The van der Waals surface area contributed by atoms with Crippen molar-refractivity contribution in [3.8, 4) is 0 Å². The highest BCUT2D eigenvalue weighted by molar-refractivity contribution is 5.83. The fraction of sp³-hybridized carbons (Fsp3) is 0.364. The van der Waals surface area contributed by atoms with E-state index in [1.54, 1.807) is 6.20 Å². The third kappa shape index (κ3) is 2.15. The Hall–Kier alpha value is -1.59. The maximum absolute atomic E-state index is 9.25. The molecule has 4 N–H and O–H groups in total. The summed E-state index contributed by atoms with van der Waals surface area (Å²) in [5.74, 6) is 0. The van der Waals surface area contributed by atoms with Gasteiger partial charge >= 0.3 is 0 Å². The molecule has 5 nitrogen and oxygen atoms in total. The predicted octanol–water partition coefficient (Wildman–Crippen LogP) is 0.636. The number of hydrogen-bond acceptors (Lipinski definition) is 4. The van der Waals surface area contributed by atoms with E-state index in [1.165, 1.54) is 0 Å². The van der Waals surface area contributed by atoms with E-state index >= 15 is 0 Å². The van der Waals surface area contributed by atoms with Crippen LogP contribution < -0.4 is 5.32 Å². The Morgan fingerprint density at radius 3 is 3.06 bits per heavy atom. The molecule has 0 fully saturated rings. The van der Waals surface area contributed by atoms with Crippen LogP contribution in [0.1, 0.15) is 5.56 Å². The van der Waals surface area contributed by atoms with Gasteiger partial charge in [0.2, 0.25) is 0 Å². The number of aliphatic hydroxyl groups is 2. The molecule has 1 heterocycles. The Bertz CT molecular complexity index is 481. The molecule has 1 aromatic carbocycles. The first-order valence-electron chi connectivity index (χ1n) is 5.17. The highest BCUT2D eigenvalue weighted by Gasteiger charge is 2.05. The lowest BCUT2D eigenvalue weighted by atomic mass is 10.1. The van der Waals surface area contributed by atoms with Crippen molar-refractivity contribution in [2.45, 2.75) is 13.0 Å². The molecule has 2 aromatic rings. The highest BCUT2D eigenvalue weighted by Crippen LogP contribution is 2.21. The number of rotatable bonds is 4. The third-order valence-electron chi connectivity index (χ3n) is 2.52. The molecule has 0 amide bonds. The van der Waals surface area contributed by atoms with Crippen LogP contribution in [0.15, 0.2) is 18.3 Å². The van der Waals surface area contributed by atoms with Gasteiger partial charge < -0.3 is 15.5 Å². The van der Waals surface area contributed by atoms with Crippen molar-refractivity contribution in [1.82, 2.24) is 10.2 Å². The Morgan fingerprint density at radius 2 is 2.31 bits per heavy atom. The number of aromatic nitrogens is 2. The van der Waals surface area contributed by atoms with Crippen LogP contribution in [0.2, 0.25) is 0 Å². The van der Waals surface area contributed by atoms with E-state index in [-0.39, 0.29) is 6.61 Å². The summed E-state index contributed by atoms with van der Waals surface area (Å²) in [6.07, 6.45) is 1.02. The van der Waals surface area contributed by atoms with Gasteiger partial charge in [0.05, 0.1) is 24.4 Å². The first kappa shape index (κ1) is 10.9. The van der Waals surface area contributed by atoms with Gasteiger partial charge in [0, 0.05) is 17.6 Å². The van der Waals surface area contributed by atoms with Crippen LogP contribution in [-0.2, 0) is 0 Å². The number of aliphatic hydroxyl groups excluding tert-OH is 2. The molecule has 0 aliphatic heterocycles. The second-order valence-electron chi connectivity index (χ2n) is 3.84. The maximum atomic E-state index is 9.25. The summed E-state index contributed by atoms with van der Waals surface area (Å²) in [6.45, 7) is 2.08. The molecule has 0 saturated carbocycles. The molecule has 0 saturated heterocycles. The van der Waals surface area contributed by atoms with Gasteiger partial charge in [0.15, 0.2) is 0 Å². The number of nitrogens with zero attached hydrogens (tertiary/aromatic N) is 1. The van der Waals surface area contributed by atoms with Crippen molar-refractivity contribution in [2.24, 2.45) is 0 Å². The Balaban J connectivity index is 2.19. The molecule has 0 spiro atoms. The summed E-state index contributed by atoms with van der Waals surface area (Å²) in [5.41, 5.74) is 3.01. The number of benzene rings is 1. The first-order chi connectivity index (χ1) is 7.70. The quantitative estimate of drug-likeness (QED) is 0.610. The predicted molar refractivity (Wildman–Crippen MR) is 62.4 cm³/mol. The lowest BCUT2D eigenvalue weighted by Crippen LogP contribution is -2.23. The highest BCUT2D eigenvalue weighted by atomic mass is 16.3. The minimum Gasteiger partial charge on any atom is -0.394 e. The number of aromatic amines is 1. The van der Waals surface area contributed by atoms with Crippen LogP contribution in [0.4, 0.5) is 5.69 Å². The minimum atomic E-state index is -0.737. The standard InChI is InChI=1S/C11H15N3O2/c1-7-2-11-8(4-13-14-11)3-10(7)12-5-9(16)6-15/h2-4,9,12,15-16H,5-6H2,1H3,(H,13,14). The summed E-state index contributed by atoms with van der Waals surface area (Å²) in [6, 6.07) is 3.97. The van der Waals surface area contributed by atoms with Crippen LogP contribution in [0.3, 0.4) is 0 Å². The summed E-state index contributed by atoms with van der Waals surface area (Å²) in [5, 5.41) is 28.9. The van der Waals surface area contributed by atoms with E-state index in [2.05, 4.69) is 15.5 Å². The zero-order chi connectivity index (χ0) is 11.5. The van der Waals surface area contributed by atoms with E-state index < -0.39 is 6.10 Å². The normalized spacial score (nSPS) is 12.9. The molecule has 0 aliphatic rings. The Morgan fingerprint density at radius 1 is 1.50 bits per heavy atom. The molecule has 16 heavy (non-hydrogen) atoms. The molecule has 1 unspecified atom stereocenters. The van der Waals surface area contributed by atoms with Gasteiger partial charge in [0.25, 0.3) is 0 Å². The van der Waals surface area contributed by atoms with Crippen LogP contribution in [0, 0.1) is 6.92 Å². The summed E-state index contributed by atoms with van der Waals surface area (Å²) in [4.78, 5) is 0. The van der Waals surface area contributed by atoms with Gasteiger partial charge in [-0.1, -0.05) is 0 Å². The average Bonchev–Trinajstić information content (AvgIpc) is 2.72. The molecule has 5 heteroatoms. The molecule has 0 aliphatic carbocycles. The van der Waals surface area contributed by atoms with Gasteiger partial charge in [-0.25, -0.2) is 0 Å². The van der Waals surface area contributed by atoms with Gasteiger partial charge in [-0.3, -0.25) is 5.10 Å². The smallest absolute Gasteiger partial charge is 0.0942 e. The molecule has 2 rings (SSSR count). The van der Waals surface area contributed by atoms with E-state index in [1.807, 2.05) is 19.1 Å². The van der Waals surface area contributed by atoms with Crippen molar-refractivity contribution in [1.29, 1.82) is 0 Å². The number of fused-ring (bicyclic) bond motifs is 1. The van der Waals surface area contributed by atoms with Crippen molar-refractivity contribution in [3.05, 3.63) is 23.9 Å². The van der Waals surface area contributed by atoms with Crippen LogP contribution >= 0.6 is 0 Å². The SMILES string of the molecule is Cc1cc2[nH]ncc2cc1NCC(O)CO. The lowest BCUT2D eigenvalue weighted by molar-refractivity contribution is 0.105. The van der Waals surface area contributed by atoms with Crippen LogP contribution in [0.25, 0.3) is 10.9 Å². The molecule has 1 aromatic heterocycles. The number of hydrogen-bond donors (Lipinski definition) is 4. The molecule has 0 bridgehead atoms. The molecular formula is C11H15N3O2. The van der Waals surface area contributed by atoms with E-state index in [9.17, 15) is 5.11 Å². The van der Waals surface area contributed by atoms with Crippen molar-refractivity contribution < 1.29 is 10.2 Å². The van der Waals surface area contributed by atoms with E-state index in [0.29, 0.717) is 6.54 Å². The van der Waals surface area contributed by atoms with E-state index in [4.69, 9.17) is 5.11 Å². The van der Waals surface area contributed by atoms with Gasteiger partial charge in [-0.15, -0.1) is 0 Å². The lowest BCUT2D eigenvalue weighted by Gasteiger charge is -2.12. The van der Waals surface area contributed by atoms with E-state index in [0.717, 1.165) is 22.2 Å². The summed E-state index contributed by atoms with van der Waals surface area (Å²) in [7, 11) is 0. The fourth-order valence-electron chi connectivity index (χ4n) is 1.58. The van der Waals surface area contributed by atoms with Gasteiger partial charge in [-0.2, -0.15) is 5.10 Å². The minimum absolute atomic E-state index is 0.236. The van der Waals surface area contributed by atoms with Crippen LogP contribution in [-0.4, -0.2) is 39.7 Å². The zero-order valence-corrected chi connectivity index (χ0v) is 9.07. The Labute approximate surface area is 93.1 Å². The Kier molecular flexibility index (Phi) is 3.07. The maximum Gasteiger partial charge on any atom is 0.0942 e. The monoisotopic (exact) mass is 221 g/mol. The first-order valence-corrected chi connectivity index (χ1v) is 5.17. The molecule has 1 atom stereocenters. The number of H-pyrrole nitrogens is 1. The van der Waals surface area contributed by atoms with Crippen molar-refractivity contribution >= 4 is 16.6 Å². The number of aryl methyl sites for hydroxylation is 1. The second-order valence-corrected chi connectivity index (χ2v) is 3.84. The third-order valence-corrected chi connectivity index (χ3v) is 2.52. The molecular weight excluding hydrogens is 206 g/mol. The summed E-state index contributed by atoms with van der Waals surface area (Å²) < 4.78 is 0. The van der Waals surface area contributed by atoms with Crippen LogP contribution in [0.5, 0.6) is 0 Å². The number of nitrogens with one attached hydrogen (secondary N) is 2. The summed E-state index contributed by atoms with van der Waals surface area (Å²) >= 11 is 0. The largest absolute Gasteiger partial charge is 0.394 e. The number of anilines is 1. The zero-order valence-electron chi connectivity index (χ0n) is 9.07. The fourth-order valence-corrected chi connectivity index (χ4v) is 1.58. The van der Waals surface area contributed by atoms with Gasteiger partial charge in [-0.05, 0) is 24.6 Å². The van der Waals surface area contributed by atoms with Gasteiger partial charge in [0.1, 0.15) is 0 Å².